The molecular formula is C15H19F3N2O2. The Morgan fingerprint density at radius 1 is 1.41 bits per heavy atom. The van der Waals surface area contributed by atoms with Gasteiger partial charge < -0.3 is 15.4 Å². The summed E-state index contributed by atoms with van der Waals surface area (Å²) in [5, 5.41) is 5.98. The Bertz CT molecular complexity index is 500. The summed E-state index contributed by atoms with van der Waals surface area (Å²) in [6, 6.07) is 6.31. The molecule has 122 valence electrons. The van der Waals surface area contributed by atoms with E-state index in [1.54, 1.807) is 12.1 Å². The Kier molecular flexibility index (Phi) is 5.65. The maximum absolute atomic E-state index is 12.1. The number of alkyl halides is 3. The van der Waals surface area contributed by atoms with E-state index in [1.807, 2.05) is 0 Å². The van der Waals surface area contributed by atoms with Crippen molar-refractivity contribution in [1.82, 2.24) is 10.6 Å². The summed E-state index contributed by atoms with van der Waals surface area (Å²) in [7, 11) is 0. The predicted molar refractivity (Wildman–Crippen MR) is 75.4 cm³/mol. The zero-order valence-corrected chi connectivity index (χ0v) is 12.1. The molecule has 2 rings (SSSR count). The van der Waals surface area contributed by atoms with Crippen LogP contribution in [0.15, 0.2) is 24.3 Å². The SMILES string of the molecule is O=C(NCc1cccc(OCC(F)(F)F)c1)C1CCCNC1. The number of halogens is 3. The molecule has 0 aliphatic carbocycles. The first-order valence-corrected chi connectivity index (χ1v) is 7.21. The molecule has 0 aromatic heterocycles. The van der Waals surface area contributed by atoms with Crippen molar-refractivity contribution >= 4 is 5.91 Å². The molecule has 0 bridgehead atoms. The molecule has 0 radical (unpaired) electrons. The molecule has 1 aliphatic heterocycles. The minimum absolute atomic E-state index is 0.0335. The van der Waals surface area contributed by atoms with Gasteiger partial charge in [0, 0.05) is 13.1 Å². The van der Waals surface area contributed by atoms with Crippen LogP contribution in [0, 0.1) is 5.92 Å². The van der Waals surface area contributed by atoms with Crippen LogP contribution >= 0.6 is 0 Å². The third-order valence-corrected chi connectivity index (χ3v) is 3.44. The van der Waals surface area contributed by atoms with E-state index in [4.69, 9.17) is 0 Å². The zero-order chi connectivity index (χ0) is 16.0. The second-order valence-electron chi connectivity index (χ2n) is 5.31. The highest BCUT2D eigenvalue weighted by Crippen LogP contribution is 2.19. The Morgan fingerprint density at radius 3 is 2.91 bits per heavy atom. The average Bonchev–Trinajstić information content (AvgIpc) is 2.51. The molecule has 22 heavy (non-hydrogen) atoms. The van der Waals surface area contributed by atoms with Gasteiger partial charge in [0.2, 0.25) is 5.91 Å². The van der Waals surface area contributed by atoms with E-state index in [-0.39, 0.29) is 24.1 Å². The molecule has 7 heteroatoms. The second kappa shape index (κ2) is 7.49. The van der Waals surface area contributed by atoms with Crippen LogP contribution in [0.25, 0.3) is 0 Å². The Balaban J connectivity index is 1.83. The van der Waals surface area contributed by atoms with Gasteiger partial charge in [0.25, 0.3) is 0 Å². The lowest BCUT2D eigenvalue weighted by atomic mass is 9.99. The molecule has 1 aliphatic rings. The lowest BCUT2D eigenvalue weighted by Gasteiger charge is -2.21. The van der Waals surface area contributed by atoms with Crippen LogP contribution in [0.4, 0.5) is 13.2 Å². The fraction of sp³-hybridized carbons (Fsp3) is 0.533. The normalized spacial score (nSPS) is 18.8. The summed E-state index contributed by atoms with van der Waals surface area (Å²) in [6.45, 7) is 0.554. The standard InChI is InChI=1S/C15H19F3N2O2/c16-15(17,18)10-22-13-5-1-3-11(7-13)8-20-14(21)12-4-2-6-19-9-12/h1,3,5,7,12,19H,2,4,6,8-10H2,(H,20,21). The monoisotopic (exact) mass is 316 g/mol. The smallest absolute Gasteiger partial charge is 0.422 e. The average molecular weight is 316 g/mol. The maximum Gasteiger partial charge on any atom is 0.422 e. The topological polar surface area (TPSA) is 50.4 Å². The number of hydrogen-bond donors (Lipinski definition) is 2. The molecule has 1 amide bonds. The quantitative estimate of drug-likeness (QED) is 0.876. The largest absolute Gasteiger partial charge is 0.484 e. The van der Waals surface area contributed by atoms with Crippen LogP contribution in [-0.4, -0.2) is 31.8 Å². The highest BCUT2D eigenvalue weighted by atomic mass is 19.4. The molecule has 1 atom stereocenters. The number of carbonyl (C=O) groups excluding carboxylic acids is 1. The zero-order valence-electron chi connectivity index (χ0n) is 12.1. The van der Waals surface area contributed by atoms with Crippen molar-refractivity contribution in [2.75, 3.05) is 19.7 Å². The van der Waals surface area contributed by atoms with Gasteiger partial charge in [-0.1, -0.05) is 12.1 Å². The van der Waals surface area contributed by atoms with Crippen LogP contribution in [-0.2, 0) is 11.3 Å². The summed E-state index contributed by atoms with van der Waals surface area (Å²) >= 11 is 0. The Labute approximate surface area is 127 Å². The van der Waals surface area contributed by atoms with Crippen LogP contribution in [0.2, 0.25) is 0 Å². The molecule has 1 aromatic carbocycles. The van der Waals surface area contributed by atoms with E-state index in [2.05, 4.69) is 15.4 Å². The second-order valence-corrected chi connectivity index (χ2v) is 5.31. The molecule has 1 unspecified atom stereocenters. The lowest BCUT2D eigenvalue weighted by molar-refractivity contribution is -0.153. The van der Waals surface area contributed by atoms with E-state index in [0.717, 1.165) is 19.4 Å². The van der Waals surface area contributed by atoms with Crippen LogP contribution in [0.1, 0.15) is 18.4 Å². The van der Waals surface area contributed by atoms with Crippen molar-refractivity contribution in [3.8, 4) is 5.75 Å². The molecule has 1 saturated heterocycles. The van der Waals surface area contributed by atoms with Gasteiger partial charge in [-0.2, -0.15) is 13.2 Å². The number of hydrogen-bond acceptors (Lipinski definition) is 3. The lowest BCUT2D eigenvalue weighted by Crippen LogP contribution is -2.40. The minimum Gasteiger partial charge on any atom is -0.484 e. The van der Waals surface area contributed by atoms with E-state index >= 15 is 0 Å². The minimum atomic E-state index is -4.36. The number of amides is 1. The number of piperidine rings is 1. The number of ether oxygens (including phenoxy) is 1. The highest BCUT2D eigenvalue weighted by Gasteiger charge is 2.28. The Hall–Kier alpha value is -1.76. The van der Waals surface area contributed by atoms with Crippen molar-refractivity contribution in [3.63, 3.8) is 0 Å². The van der Waals surface area contributed by atoms with Crippen molar-refractivity contribution < 1.29 is 22.7 Å². The van der Waals surface area contributed by atoms with Crippen LogP contribution in [0.3, 0.4) is 0 Å². The first kappa shape index (κ1) is 16.6. The third kappa shape index (κ3) is 5.55. The molecule has 1 heterocycles. The summed E-state index contributed by atoms with van der Waals surface area (Å²) in [5.41, 5.74) is 0.705. The van der Waals surface area contributed by atoms with E-state index in [9.17, 15) is 18.0 Å². The van der Waals surface area contributed by atoms with Gasteiger partial charge in [0.05, 0.1) is 5.92 Å². The summed E-state index contributed by atoms with van der Waals surface area (Å²) < 4.78 is 41.0. The van der Waals surface area contributed by atoms with Crippen LogP contribution < -0.4 is 15.4 Å². The molecule has 0 saturated carbocycles. The predicted octanol–water partition coefficient (Wildman–Crippen LogP) is 2.24. The molecular weight excluding hydrogens is 297 g/mol. The molecule has 1 aromatic rings. The molecule has 1 fully saturated rings. The van der Waals surface area contributed by atoms with Gasteiger partial charge in [0.1, 0.15) is 5.75 Å². The third-order valence-electron chi connectivity index (χ3n) is 3.44. The van der Waals surface area contributed by atoms with E-state index in [1.165, 1.54) is 12.1 Å². The summed E-state index contributed by atoms with van der Waals surface area (Å²) in [6.07, 6.45) is -2.54. The molecule has 2 N–H and O–H groups in total. The molecule has 4 nitrogen and oxygen atoms in total. The van der Waals surface area contributed by atoms with Crippen molar-refractivity contribution in [2.24, 2.45) is 5.92 Å². The number of carbonyl (C=O) groups is 1. The summed E-state index contributed by atoms with van der Waals surface area (Å²) in [5.74, 6) is 0.0654. The van der Waals surface area contributed by atoms with Gasteiger partial charge >= 0.3 is 6.18 Å². The first-order chi connectivity index (χ1) is 10.4. The van der Waals surface area contributed by atoms with Gasteiger partial charge in [-0.3, -0.25) is 4.79 Å². The van der Waals surface area contributed by atoms with Gasteiger partial charge in [-0.25, -0.2) is 0 Å². The van der Waals surface area contributed by atoms with E-state index < -0.39 is 12.8 Å². The van der Waals surface area contributed by atoms with Crippen molar-refractivity contribution in [2.45, 2.75) is 25.6 Å². The summed E-state index contributed by atoms with van der Waals surface area (Å²) in [4.78, 5) is 12.0. The van der Waals surface area contributed by atoms with E-state index in [0.29, 0.717) is 12.1 Å². The van der Waals surface area contributed by atoms with Crippen LogP contribution in [0.5, 0.6) is 5.75 Å². The number of rotatable bonds is 5. The fourth-order valence-electron chi connectivity index (χ4n) is 2.32. The number of benzene rings is 1. The van der Waals surface area contributed by atoms with Crippen molar-refractivity contribution in [1.29, 1.82) is 0 Å². The Morgan fingerprint density at radius 2 is 2.23 bits per heavy atom. The molecule has 0 spiro atoms. The fourth-order valence-corrected chi connectivity index (χ4v) is 2.32. The van der Waals surface area contributed by atoms with Crippen molar-refractivity contribution in [3.05, 3.63) is 29.8 Å². The van der Waals surface area contributed by atoms with Gasteiger partial charge in [0.15, 0.2) is 6.61 Å². The first-order valence-electron chi connectivity index (χ1n) is 7.21. The maximum atomic E-state index is 12.1. The van der Waals surface area contributed by atoms with Gasteiger partial charge in [-0.05, 0) is 37.1 Å². The number of nitrogens with one attached hydrogen (secondary N) is 2. The van der Waals surface area contributed by atoms with Gasteiger partial charge in [-0.15, -0.1) is 0 Å². The highest BCUT2D eigenvalue weighted by molar-refractivity contribution is 5.78.